The molecule has 1 aromatic heterocycles. The van der Waals surface area contributed by atoms with Gasteiger partial charge in [0, 0.05) is 30.1 Å². The number of aromatic nitrogens is 3. The Kier molecular flexibility index (Phi) is 5.20. The maximum absolute atomic E-state index is 12.0. The van der Waals surface area contributed by atoms with E-state index >= 15 is 0 Å². The second-order valence-electron chi connectivity index (χ2n) is 5.52. The maximum atomic E-state index is 12.0. The molecule has 6 nitrogen and oxygen atoms in total. The summed E-state index contributed by atoms with van der Waals surface area (Å²) in [6.45, 7) is 0.998. The van der Waals surface area contributed by atoms with Crippen molar-refractivity contribution in [3.63, 3.8) is 0 Å². The van der Waals surface area contributed by atoms with Crippen molar-refractivity contribution in [1.29, 1.82) is 0 Å². The second kappa shape index (κ2) is 7.33. The monoisotopic (exact) mass is 351 g/mol. The lowest BCUT2D eigenvalue weighted by molar-refractivity contribution is -0.116. The van der Waals surface area contributed by atoms with Gasteiger partial charge in [0.2, 0.25) is 5.91 Å². The van der Waals surface area contributed by atoms with Crippen molar-refractivity contribution in [2.24, 2.45) is 7.05 Å². The molecule has 23 heavy (non-hydrogen) atoms. The first kappa shape index (κ1) is 16.3. The molecule has 1 aliphatic rings. The van der Waals surface area contributed by atoms with E-state index in [2.05, 4.69) is 20.8 Å². The lowest BCUT2D eigenvalue weighted by Crippen LogP contribution is -2.27. The van der Waals surface area contributed by atoms with E-state index in [1.54, 1.807) is 12.4 Å². The smallest absolute Gasteiger partial charge is 0.225 e. The van der Waals surface area contributed by atoms with Crippen molar-refractivity contribution in [3.8, 4) is 0 Å². The summed E-state index contributed by atoms with van der Waals surface area (Å²) in [5, 5.41) is 15.4. The molecule has 3 rings (SSSR count). The topological polar surface area (TPSA) is 71.8 Å². The first-order chi connectivity index (χ1) is 11.1. The number of hydrogen-bond donors (Lipinski definition) is 2. The van der Waals surface area contributed by atoms with Crippen molar-refractivity contribution in [3.05, 3.63) is 29.5 Å². The number of hydrogen-bond acceptors (Lipinski definition) is 5. The highest BCUT2D eigenvalue weighted by molar-refractivity contribution is 7.99. The van der Waals surface area contributed by atoms with Gasteiger partial charge in [-0.3, -0.25) is 4.79 Å². The van der Waals surface area contributed by atoms with Gasteiger partial charge in [-0.05, 0) is 49.3 Å². The number of nitrogens with one attached hydrogen (secondary N) is 2. The molecule has 122 valence electrons. The molecular weight excluding hydrogens is 334 g/mol. The quantitative estimate of drug-likeness (QED) is 0.866. The first-order valence-electron chi connectivity index (χ1n) is 7.46. The number of nitrogens with zero attached hydrogens (tertiary/aromatic N) is 3. The fourth-order valence-corrected chi connectivity index (χ4v) is 3.56. The van der Waals surface area contributed by atoms with Crippen LogP contribution in [0.15, 0.2) is 34.6 Å². The summed E-state index contributed by atoms with van der Waals surface area (Å²) in [5.41, 5.74) is 0.709. The number of halogens is 1. The van der Waals surface area contributed by atoms with Crippen LogP contribution in [0.25, 0.3) is 0 Å². The van der Waals surface area contributed by atoms with Gasteiger partial charge in [-0.2, -0.15) is 0 Å². The Balaban J connectivity index is 1.62. The molecule has 1 fully saturated rings. The highest BCUT2D eigenvalue weighted by Crippen LogP contribution is 2.33. The summed E-state index contributed by atoms with van der Waals surface area (Å²) in [5.74, 6) is 0.00849. The van der Waals surface area contributed by atoms with E-state index in [9.17, 15) is 4.79 Å². The van der Waals surface area contributed by atoms with Crippen LogP contribution in [-0.4, -0.2) is 33.3 Å². The van der Waals surface area contributed by atoms with Gasteiger partial charge in [0.15, 0.2) is 5.16 Å². The molecule has 1 unspecified atom stereocenters. The number of rotatable bonds is 5. The highest BCUT2D eigenvalue weighted by atomic mass is 35.5. The molecule has 0 aliphatic carbocycles. The number of anilines is 1. The zero-order chi connectivity index (χ0) is 16.2. The van der Waals surface area contributed by atoms with Crippen LogP contribution in [0.2, 0.25) is 5.02 Å². The average molecular weight is 352 g/mol. The van der Waals surface area contributed by atoms with E-state index in [0.717, 1.165) is 29.4 Å². The molecular formula is C15H18ClN5OS. The van der Waals surface area contributed by atoms with Crippen LogP contribution < -0.4 is 10.6 Å². The third-order valence-corrected chi connectivity index (χ3v) is 5.23. The number of aryl methyl sites for hydroxylation is 1. The minimum Gasteiger partial charge on any atom is -0.326 e. The summed E-state index contributed by atoms with van der Waals surface area (Å²) in [6, 6.07) is 5.78. The number of carbonyl (C=O) groups excluding carboxylic acids is 1. The molecule has 1 aliphatic heterocycles. The molecule has 1 aromatic carbocycles. The van der Waals surface area contributed by atoms with Gasteiger partial charge in [0.05, 0.1) is 5.02 Å². The Labute approximate surface area is 144 Å². The summed E-state index contributed by atoms with van der Waals surface area (Å²) < 4.78 is 1.82. The van der Waals surface area contributed by atoms with Gasteiger partial charge in [-0.25, -0.2) is 0 Å². The summed E-state index contributed by atoms with van der Waals surface area (Å²) in [7, 11) is 1.88. The van der Waals surface area contributed by atoms with Crippen LogP contribution >= 0.6 is 23.4 Å². The standard InChI is InChI=1S/C15H18ClN5OS/c1-21-9-18-20-15(21)23-13-5-4-11(7-12(13)16)19-14(22)8-10-3-2-6-17-10/h4-5,7,9-10,17H,2-3,6,8H2,1H3,(H,19,22). The van der Waals surface area contributed by atoms with Gasteiger partial charge < -0.3 is 15.2 Å². The van der Waals surface area contributed by atoms with Crippen LogP contribution in [0.1, 0.15) is 19.3 Å². The summed E-state index contributed by atoms with van der Waals surface area (Å²) in [6.07, 6.45) is 4.33. The van der Waals surface area contributed by atoms with Gasteiger partial charge in [-0.15, -0.1) is 10.2 Å². The number of amides is 1. The molecule has 0 saturated carbocycles. The van der Waals surface area contributed by atoms with Crippen LogP contribution in [0, 0.1) is 0 Å². The Hall–Kier alpha value is -1.57. The van der Waals surface area contributed by atoms with Gasteiger partial charge >= 0.3 is 0 Å². The van der Waals surface area contributed by atoms with Crippen LogP contribution in [0.4, 0.5) is 5.69 Å². The normalized spacial score (nSPS) is 17.4. The van der Waals surface area contributed by atoms with Crippen molar-refractivity contribution in [1.82, 2.24) is 20.1 Å². The Morgan fingerprint density at radius 2 is 2.43 bits per heavy atom. The van der Waals surface area contributed by atoms with Crippen LogP contribution in [0.5, 0.6) is 0 Å². The molecule has 8 heteroatoms. The van der Waals surface area contributed by atoms with Gasteiger partial charge in [0.25, 0.3) is 0 Å². The summed E-state index contributed by atoms with van der Waals surface area (Å²) >= 11 is 7.75. The molecule has 1 amide bonds. The van der Waals surface area contributed by atoms with E-state index in [0.29, 0.717) is 17.1 Å². The first-order valence-corrected chi connectivity index (χ1v) is 8.66. The minimum absolute atomic E-state index is 0.00849. The molecule has 0 spiro atoms. The lowest BCUT2D eigenvalue weighted by Gasteiger charge is -2.11. The van der Waals surface area contributed by atoms with E-state index in [1.807, 2.05) is 23.7 Å². The fraction of sp³-hybridized carbons (Fsp3) is 0.400. The second-order valence-corrected chi connectivity index (χ2v) is 6.93. The van der Waals surface area contributed by atoms with Crippen LogP contribution in [0.3, 0.4) is 0 Å². The number of benzene rings is 1. The zero-order valence-electron chi connectivity index (χ0n) is 12.8. The Morgan fingerprint density at radius 1 is 1.57 bits per heavy atom. The molecule has 1 atom stereocenters. The van der Waals surface area contributed by atoms with E-state index < -0.39 is 0 Å². The molecule has 2 heterocycles. The number of carbonyl (C=O) groups is 1. The molecule has 2 aromatic rings. The zero-order valence-corrected chi connectivity index (χ0v) is 14.3. The Bertz CT molecular complexity index is 699. The van der Waals surface area contributed by atoms with Crippen molar-refractivity contribution in [2.45, 2.75) is 35.4 Å². The van der Waals surface area contributed by atoms with Crippen LogP contribution in [-0.2, 0) is 11.8 Å². The third kappa shape index (κ3) is 4.25. The SMILES string of the molecule is Cn1cnnc1Sc1ccc(NC(=O)CC2CCCN2)cc1Cl. The molecule has 0 radical (unpaired) electrons. The van der Waals surface area contributed by atoms with Crippen molar-refractivity contribution >= 4 is 35.0 Å². The van der Waals surface area contributed by atoms with Gasteiger partial charge in [-0.1, -0.05) is 11.6 Å². The van der Waals surface area contributed by atoms with E-state index in [1.165, 1.54) is 11.8 Å². The predicted molar refractivity (Wildman–Crippen MR) is 90.8 cm³/mol. The summed E-state index contributed by atoms with van der Waals surface area (Å²) in [4.78, 5) is 12.9. The Morgan fingerprint density at radius 3 is 3.09 bits per heavy atom. The maximum Gasteiger partial charge on any atom is 0.225 e. The van der Waals surface area contributed by atoms with E-state index in [-0.39, 0.29) is 11.9 Å². The van der Waals surface area contributed by atoms with E-state index in [4.69, 9.17) is 11.6 Å². The fourth-order valence-electron chi connectivity index (χ4n) is 2.49. The minimum atomic E-state index is 0.00849. The van der Waals surface area contributed by atoms with Crippen molar-refractivity contribution in [2.75, 3.05) is 11.9 Å². The molecule has 2 N–H and O–H groups in total. The lowest BCUT2D eigenvalue weighted by atomic mass is 10.1. The predicted octanol–water partition coefficient (Wildman–Crippen LogP) is 2.70. The third-order valence-electron chi connectivity index (χ3n) is 3.68. The molecule has 1 saturated heterocycles. The average Bonchev–Trinajstić information content (AvgIpc) is 3.14. The van der Waals surface area contributed by atoms with Gasteiger partial charge in [0.1, 0.15) is 6.33 Å². The largest absolute Gasteiger partial charge is 0.326 e. The highest BCUT2D eigenvalue weighted by Gasteiger charge is 2.18. The molecule has 0 bridgehead atoms. The van der Waals surface area contributed by atoms with Crippen molar-refractivity contribution < 1.29 is 4.79 Å².